The first-order chi connectivity index (χ1) is 9.22. The third-order valence-corrected chi connectivity index (χ3v) is 2.57. The Balaban J connectivity index is 2.15. The van der Waals surface area contributed by atoms with Crippen molar-refractivity contribution in [2.45, 2.75) is 6.92 Å². The highest BCUT2D eigenvalue weighted by molar-refractivity contribution is 6.04. The third kappa shape index (κ3) is 3.04. The molecule has 0 aliphatic rings. The third-order valence-electron chi connectivity index (χ3n) is 2.57. The molecule has 2 aromatic rings. The number of aromatic nitrogens is 3. The lowest BCUT2D eigenvalue weighted by molar-refractivity contribution is 0.0988. The number of nitrogens with one attached hydrogen (secondary N) is 1. The van der Waals surface area contributed by atoms with Crippen LogP contribution < -0.4 is 10.2 Å². The lowest BCUT2D eigenvalue weighted by Gasteiger charge is -2.16. The second kappa shape index (κ2) is 5.90. The van der Waals surface area contributed by atoms with Gasteiger partial charge in [-0.05, 0) is 19.1 Å². The molecule has 0 atom stereocenters. The summed E-state index contributed by atoms with van der Waals surface area (Å²) in [6.45, 7) is 2.73. The van der Waals surface area contributed by atoms with Gasteiger partial charge in [-0.1, -0.05) is 0 Å². The zero-order valence-corrected chi connectivity index (χ0v) is 10.9. The fraction of sp³-hybridized carbons (Fsp3) is 0.231. The van der Waals surface area contributed by atoms with Crippen LogP contribution in [-0.4, -0.2) is 34.5 Å². The first-order valence-electron chi connectivity index (χ1n) is 5.96. The normalized spacial score (nSPS) is 10.0. The summed E-state index contributed by atoms with van der Waals surface area (Å²) in [7, 11) is 1.68. The molecule has 0 unspecified atom stereocenters. The van der Waals surface area contributed by atoms with Gasteiger partial charge in [-0.25, -0.2) is 9.97 Å². The van der Waals surface area contributed by atoms with Crippen LogP contribution in [0, 0.1) is 0 Å². The fourth-order valence-corrected chi connectivity index (χ4v) is 1.55. The lowest BCUT2D eigenvalue weighted by atomic mass is 10.3. The molecule has 6 nitrogen and oxygen atoms in total. The van der Waals surface area contributed by atoms with E-state index in [9.17, 15) is 4.79 Å². The van der Waals surface area contributed by atoms with Crippen LogP contribution in [0.15, 0.2) is 36.9 Å². The Hall–Kier alpha value is -2.50. The van der Waals surface area contributed by atoms with Crippen LogP contribution in [0.4, 0.5) is 11.5 Å². The monoisotopic (exact) mass is 257 g/mol. The number of anilines is 2. The van der Waals surface area contributed by atoms with Crippen LogP contribution >= 0.6 is 0 Å². The molecular formula is C13H15N5O. The van der Waals surface area contributed by atoms with Crippen molar-refractivity contribution < 1.29 is 4.79 Å². The van der Waals surface area contributed by atoms with Gasteiger partial charge in [0.2, 0.25) is 0 Å². The Morgan fingerprint density at radius 1 is 1.32 bits per heavy atom. The van der Waals surface area contributed by atoms with E-state index in [2.05, 4.69) is 20.3 Å². The van der Waals surface area contributed by atoms with Crippen molar-refractivity contribution in [1.82, 2.24) is 15.0 Å². The van der Waals surface area contributed by atoms with Crippen molar-refractivity contribution in [2.75, 3.05) is 23.8 Å². The Kier molecular flexibility index (Phi) is 4.02. The van der Waals surface area contributed by atoms with E-state index >= 15 is 0 Å². The van der Waals surface area contributed by atoms with Crippen molar-refractivity contribution in [3.8, 4) is 0 Å². The molecule has 1 N–H and O–H groups in total. The molecule has 0 saturated carbocycles. The van der Waals surface area contributed by atoms with Gasteiger partial charge in [0.1, 0.15) is 11.5 Å². The van der Waals surface area contributed by atoms with Crippen molar-refractivity contribution in [3.63, 3.8) is 0 Å². The number of hydrogen-bond donors (Lipinski definition) is 1. The second-order valence-corrected chi connectivity index (χ2v) is 3.89. The topological polar surface area (TPSA) is 71.0 Å². The van der Waals surface area contributed by atoms with E-state index in [-0.39, 0.29) is 5.91 Å². The Morgan fingerprint density at radius 2 is 2.16 bits per heavy atom. The quantitative estimate of drug-likeness (QED) is 0.900. The molecule has 19 heavy (non-hydrogen) atoms. The largest absolute Gasteiger partial charge is 0.369 e. The summed E-state index contributed by atoms with van der Waals surface area (Å²) >= 11 is 0. The maximum Gasteiger partial charge on any atom is 0.278 e. The Labute approximate surface area is 111 Å². The predicted octanol–water partition coefficient (Wildman–Crippen LogP) is 1.58. The number of carbonyl (C=O) groups is 1. The van der Waals surface area contributed by atoms with Crippen LogP contribution in [-0.2, 0) is 0 Å². The summed E-state index contributed by atoms with van der Waals surface area (Å²) in [5.74, 6) is 0.437. The Morgan fingerprint density at radius 3 is 2.74 bits per heavy atom. The standard InChI is InChI=1S/C13H15N5O/c1-3-15-12-9-16-11(8-17-12)13(19)18(2)10-5-4-6-14-7-10/h4-9H,3H2,1-2H3,(H,15,17). The molecule has 2 heterocycles. The Bertz CT molecular complexity index is 541. The van der Waals surface area contributed by atoms with Crippen LogP contribution in [0.25, 0.3) is 0 Å². The minimum absolute atomic E-state index is 0.219. The van der Waals surface area contributed by atoms with Gasteiger partial charge in [0, 0.05) is 19.8 Å². The molecule has 98 valence electrons. The maximum absolute atomic E-state index is 12.2. The van der Waals surface area contributed by atoms with E-state index in [1.165, 1.54) is 11.1 Å². The van der Waals surface area contributed by atoms with Crippen LogP contribution in [0.1, 0.15) is 17.4 Å². The van der Waals surface area contributed by atoms with E-state index in [0.29, 0.717) is 17.2 Å². The summed E-state index contributed by atoms with van der Waals surface area (Å²) in [5, 5.41) is 3.03. The van der Waals surface area contributed by atoms with Gasteiger partial charge in [0.15, 0.2) is 0 Å². The van der Waals surface area contributed by atoms with Crippen LogP contribution in [0.2, 0.25) is 0 Å². The molecule has 0 aliphatic carbocycles. The van der Waals surface area contributed by atoms with Gasteiger partial charge in [-0.15, -0.1) is 0 Å². The van der Waals surface area contributed by atoms with Gasteiger partial charge in [-0.2, -0.15) is 0 Å². The van der Waals surface area contributed by atoms with E-state index < -0.39 is 0 Å². The average molecular weight is 257 g/mol. The van der Waals surface area contributed by atoms with Gasteiger partial charge >= 0.3 is 0 Å². The number of rotatable bonds is 4. The van der Waals surface area contributed by atoms with Crippen molar-refractivity contribution in [1.29, 1.82) is 0 Å². The molecule has 0 saturated heterocycles. The molecule has 1 amide bonds. The zero-order valence-electron chi connectivity index (χ0n) is 10.9. The summed E-state index contributed by atoms with van der Waals surface area (Å²) in [6.07, 6.45) is 6.30. The minimum atomic E-state index is -0.219. The van der Waals surface area contributed by atoms with E-state index in [1.807, 2.05) is 13.0 Å². The molecule has 0 fully saturated rings. The van der Waals surface area contributed by atoms with Gasteiger partial charge in [0.25, 0.3) is 5.91 Å². The first kappa shape index (κ1) is 12.9. The molecule has 6 heteroatoms. The SMILES string of the molecule is CCNc1cnc(C(=O)N(C)c2cccnc2)cn1. The van der Waals surface area contributed by atoms with Gasteiger partial charge in [-0.3, -0.25) is 9.78 Å². The highest BCUT2D eigenvalue weighted by atomic mass is 16.2. The minimum Gasteiger partial charge on any atom is -0.369 e. The zero-order chi connectivity index (χ0) is 13.7. The van der Waals surface area contributed by atoms with Crippen molar-refractivity contribution in [2.24, 2.45) is 0 Å². The van der Waals surface area contributed by atoms with Crippen LogP contribution in [0.3, 0.4) is 0 Å². The summed E-state index contributed by atoms with van der Waals surface area (Å²) < 4.78 is 0. The number of hydrogen-bond acceptors (Lipinski definition) is 5. The molecule has 2 aromatic heterocycles. The first-order valence-corrected chi connectivity index (χ1v) is 5.96. The molecule has 0 bridgehead atoms. The number of pyridine rings is 1. The highest BCUT2D eigenvalue weighted by Crippen LogP contribution is 2.12. The van der Waals surface area contributed by atoms with Gasteiger partial charge in [0.05, 0.1) is 24.3 Å². The summed E-state index contributed by atoms with van der Waals surface area (Å²) in [4.78, 5) is 25.9. The highest BCUT2D eigenvalue weighted by Gasteiger charge is 2.15. The smallest absolute Gasteiger partial charge is 0.278 e. The summed E-state index contributed by atoms with van der Waals surface area (Å²) in [6, 6.07) is 3.59. The molecular weight excluding hydrogens is 242 g/mol. The molecule has 0 aromatic carbocycles. The van der Waals surface area contributed by atoms with E-state index in [0.717, 1.165) is 6.54 Å². The van der Waals surface area contributed by atoms with E-state index in [1.54, 1.807) is 31.7 Å². The average Bonchev–Trinajstić information content (AvgIpc) is 2.48. The number of amides is 1. The number of carbonyl (C=O) groups excluding carboxylic acids is 1. The summed E-state index contributed by atoms with van der Waals surface area (Å²) in [5.41, 5.74) is 1.01. The van der Waals surface area contributed by atoms with Gasteiger partial charge < -0.3 is 10.2 Å². The maximum atomic E-state index is 12.2. The molecule has 2 rings (SSSR count). The predicted molar refractivity (Wildman–Crippen MR) is 73.2 cm³/mol. The van der Waals surface area contributed by atoms with Crippen LogP contribution in [0.5, 0.6) is 0 Å². The number of nitrogens with zero attached hydrogens (tertiary/aromatic N) is 4. The molecule has 0 radical (unpaired) electrons. The lowest BCUT2D eigenvalue weighted by Crippen LogP contribution is -2.27. The second-order valence-electron chi connectivity index (χ2n) is 3.89. The molecule has 0 aliphatic heterocycles. The van der Waals surface area contributed by atoms with Crippen molar-refractivity contribution in [3.05, 3.63) is 42.6 Å². The molecule has 0 spiro atoms. The van der Waals surface area contributed by atoms with E-state index in [4.69, 9.17) is 0 Å². The van der Waals surface area contributed by atoms with Crippen molar-refractivity contribution >= 4 is 17.4 Å². The fourth-order valence-electron chi connectivity index (χ4n) is 1.55.